The van der Waals surface area contributed by atoms with Gasteiger partial charge in [0.15, 0.2) is 5.82 Å². The van der Waals surface area contributed by atoms with E-state index in [4.69, 9.17) is 0 Å². The van der Waals surface area contributed by atoms with Crippen molar-refractivity contribution in [3.8, 4) is 23.0 Å². The van der Waals surface area contributed by atoms with Crippen LogP contribution in [-0.4, -0.2) is 19.7 Å². The first-order valence-corrected chi connectivity index (χ1v) is 10.6. The molecule has 0 bridgehead atoms. The Balaban J connectivity index is 1.70. The lowest BCUT2D eigenvalue weighted by Crippen LogP contribution is -2.11. The molecule has 5 rings (SSSR count). The molecule has 0 aliphatic carbocycles. The Bertz CT molecular complexity index is 1660. The molecule has 3 aromatic carbocycles. The summed E-state index contributed by atoms with van der Waals surface area (Å²) in [4.78, 5) is 19.7. The molecule has 7 heteroatoms. The summed E-state index contributed by atoms with van der Waals surface area (Å²) in [6, 6.07) is 23.4. The van der Waals surface area contributed by atoms with Crippen LogP contribution < -0.4 is 5.56 Å². The van der Waals surface area contributed by atoms with Crippen molar-refractivity contribution in [2.75, 3.05) is 0 Å². The molecule has 0 amide bonds. The van der Waals surface area contributed by atoms with E-state index in [0.717, 1.165) is 5.69 Å². The molecule has 0 fully saturated rings. The zero-order valence-corrected chi connectivity index (χ0v) is 18.2. The number of aromatic nitrogens is 4. The first-order valence-electron chi connectivity index (χ1n) is 10.6. The zero-order valence-electron chi connectivity index (χ0n) is 18.2. The van der Waals surface area contributed by atoms with Gasteiger partial charge in [0.05, 0.1) is 22.2 Å². The number of nitrogens with zero attached hydrogens (tertiary/aromatic N) is 4. The van der Waals surface area contributed by atoms with Gasteiger partial charge in [-0.2, -0.15) is 10.4 Å². The Morgan fingerprint density at radius 1 is 1.09 bits per heavy atom. The molecule has 34 heavy (non-hydrogen) atoms. The van der Waals surface area contributed by atoms with Crippen LogP contribution >= 0.6 is 0 Å². The van der Waals surface area contributed by atoms with E-state index in [2.05, 4.69) is 21.1 Å². The summed E-state index contributed by atoms with van der Waals surface area (Å²) in [5.74, 6) is -0.192. The van der Waals surface area contributed by atoms with Crippen LogP contribution in [0.3, 0.4) is 0 Å². The van der Waals surface area contributed by atoms with Gasteiger partial charge in [0.25, 0.3) is 5.56 Å². The molecule has 0 atom stereocenters. The van der Waals surface area contributed by atoms with Crippen molar-refractivity contribution >= 4 is 22.6 Å². The summed E-state index contributed by atoms with van der Waals surface area (Å²) < 4.78 is 16.0. The molecule has 2 aromatic heterocycles. The van der Waals surface area contributed by atoms with Crippen LogP contribution in [0.15, 0.2) is 83.8 Å². The molecule has 0 radical (unpaired) electrons. The predicted octanol–water partition coefficient (Wildman–Crippen LogP) is 5.29. The highest BCUT2D eigenvalue weighted by molar-refractivity contribution is 5.91. The van der Waals surface area contributed by atoms with Crippen LogP contribution in [0.4, 0.5) is 4.39 Å². The summed E-state index contributed by atoms with van der Waals surface area (Å²) in [6.07, 6.45) is 3.37. The van der Waals surface area contributed by atoms with Gasteiger partial charge in [0.2, 0.25) is 0 Å². The summed E-state index contributed by atoms with van der Waals surface area (Å²) in [5, 5.41) is 15.0. The second-order valence-electron chi connectivity index (χ2n) is 7.78. The number of halogens is 1. The predicted molar refractivity (Wildman–Crippen MR) is 130 cm³/mol. The molecule has 0 spiro atoms. The number of hydrogen-bond acceptors (Lipinski definition) is 4. The van der Waals surface area contributed by atoms with Crippen molar-refractivity contribution < 1.29 is 4.39 Å². The Hall–Kier alpha value is -4.83. The van der Waals surface area contributed by atoms with Crippen LogP contribution in [0.5, 0.6) is 0 Å². The number of nitriles is 1. The van der Waals surface area contributed by atoms with E-state index >= 15 is 0 Å². The van der Waals surface area contributed by atoms with Crippen molar-refractivity contribution in [2.45, 2.75) is 6.92 Å². The average molecular weight is 447 g/mol. The van der Waals surface area contributed by atoms with E-state index in [0.29, 0.717) is 33.3 Å². The Kier molecular flexibility index (Phi) is 5.32. The Labute approximate surface area is 194 Å². The van der Waals surface area contributed by atoms with Gasteiger partial charge in [0, 0.05) is 17.3 Å². The van der Waals surface area contributed by atoms with Gasteiger partial charge in [0.1, 0.15) is 17.6 Å². The molecule has 0 unspecified atom stereocenters. The van der Waals surface area contributed by atoms with Gasteiger partial charge in [-0.15, -0.1) is 0 Å². The minimum absolute atomic E-state index is 0.152. The van der Waals surface area contributed by atoms with Gasteiger partial charge in [-0.3, -0.25) is 4.79 Å². The molecular weight excluding hydrogens is 429 g/mol. The van der Waals surface area contributed by atoms with E-state index in [1.807, 2.05) is 30.3 Å². The normalized spacial score (nSPS) is 11.5. The fourth-order valence-electron chi connectivity index (χ4n) is 3.69. The summed E-state index contributed by atoms with van der Waals surface area (Å²) in [7, 11) is 0. The van der Waals surface area contributed by atoms with Crippen molar-refractivity contribution in [2.24, 2.45) is 0 Å². The lowest BCUT2D eigenvalue weighted by molar-refractivity contribution is 0.619. The third-order valence-corrected chi connectivity index (χ3v) is 5.50. The molecule has 0 aliphatic rings. The summed E-state index contributed by atoms with van der Waals surface area (Å²) >= 11 is 0. The minimum atomic E-state index is -0.345. The van der Waals surface area contributed by atoms with Crippen molar-refractivity contribution in [1.29, 1.82) is 5.26 Å². The van der Waals surface area contributed by atoms with Crippen LogP contribution in [0.25, 0.3) is 39.5 Å². The zero-order chi connectivity index (χ0) is 23.7. The van der Waals surface area contributed by atoms with Gasteiger partial charge < -0.3 is 4.98 Å². The monoisotopic (exact) mass is 447 g/mol. The van der Waals surface area contributed by atoms with Crippen molar-refractivity contribution in [1.82, 2.24) is 19.7 Å². The van der Waals surface area contributed by atoms with Crippen LogP contribution in [0.2, 0.25) is 0 Å². The molecule has 6 nitrogen and oxygen atoms in total. The van der Waals surface area contributed by atoms with E-state index in [9.17, 15) is 14.4 Å². The lowest BCUT2D eigenvalue weighted by Gasteiger charge is -2.04. The summed E-state index contributed by atoms with van der Waals surface area (Å²) in [6.45, 7) is 1.69. The quantitative estimate of drug-likeness (QED) is 0.379. The van der Waals surface area contributed by atoms with Crippen molar-refractivity contribution in [3.63, 3.8) is 0 Å². The maximum atomic E-state index is 14.4. The third-order valence-electron chi connectivity index (χ3n) is 5.50. The van der Waals surface area contributed by atoms with E-state index in [-0.39, 0.29) is 22.8 Å². The van der Waals surface area contributed by atoms with Gasteiger partial charge in [-0.1, -0.05) is 42.5 Å². The fourth-order valence-corrected chi connectivity index (χ4v) is 3.69. The molecule has 5 aromatic rings. The average Bonchev–Trinajstić information content (AvgIpc) is 3.28. The Morgan fingerprint density at radius 3 is 2.62 bits per heavy atom. The molecule has 2 heterocycles. The molecule has 0 saturated carbocycles. The number of H-pyrrole nitrogens is 1. The maximum Gasteiger partial charge on any atom is 0.259 e. The van der Waals surface area contributed by atoms with Crippen LogP contribution in [0, 0.1) is 24.1 Å². The lowest BCUT2D eigenvalue weighted by atomic mass is 10.0. The van der Waals surface area contributed by atoms with Crippen LogP contribution in [-0.2, 0) is 0 Å². The Morgan fingerprint density at radius 2 is 1.85 bits per heavy atom. The highest BCUT2D eigenvalue weighted by Crippen LogP contribution is 2.28. The standard InChI is InChI=1S/C27H18FN5O/c1-17-11-12-18(14-23(17)28)25-20(16-33(32-25)21-7-3-2-4-8-21)13-19(15-29)26-30-24-10-6-5-9-22(24)27(34)31-26/h2-14,16H,1H3,(H,30,31,34). The van der Waals surface area contributed by atoms with Crippen molar-refractivity contribution in [3.05, 3.63) is 112 Å². The maximum absolute atomic E-state index is 14.4. The SMILES string of the molecule is Cc1ccc(-c2nn(-c3ccccc3)cc2C=C(C#N)c2nc3ccccc3c(=O)[nH]2)cc1F. The minimum Gasteiger partial charge on any atom is -0.305 e. The van der Waals surface area contributed by atoms with E-state index in [1.54, 1.807) is 60.3 Å². The number of rotatable bonds is 4. The number of benzene rings is 3. The number of nitrogens with one attached hydrogen (secondary N) is 1. The highest BCUT2D eigenvalue weighted by Gasteiger charge is 2.15. The smallest absolute Gasteiger partial charge is 0.259 e. The first kappa shape index (κ1) is 21.0. The highest BCUT2D eigenvalue weighted by atomic mass is 19.1. The second-order valence-corrected chi connectivity index (χ2v) is 7.78. The van der Waals surface area contributed by atoms with Crippen LogP contribution in [0.1, 0.15) is 17.0 Å². The molecule has 1 N–H and O–H groups in total. The second kappa shape index (κ2) is 8.60. The number of allylic oxidation sites excluding steroid dienone is 1. The fraction of sp³-hybridized carbons (Fsp3) is 0.0370. The van der Waals surface area contributed by atoms with Gasteiger partial charge in [-0.25, -0.2) is 14.1 Å². The number of hydrogen-bond donors (Lipinski definition) is 1. The molecule has 0 saturated heterocycles. The topological polar surface area (TPSA) is 87.4 Å². The molecule has 0 aliphatic heterocycles. The van der Waals surface area contributed by atoms with E-state index in [1.165, 1.54) is 6.07 Å². The van der Waals surface area contributed by atoms with Gasteiger partial charge in [-0.05, 0) is 48.9 Å². The largest absolute Gasteiger partial charge is 0.305 e. The first-order chi connectivity index (χ1) is 16.5. The number of para-hydroxylation sites is 2. The molecule has 164 valence electrons. The third kappa shape index (κ3) is 3.89. The summed E-state index contributed by atoms with van der Waals surface area (Å²) in [5.41, 5.74) is 3.31. The number of aryl methyl sites for hydroxylation is 1. The van der Waals surface area contributed by atoms with E-state index < -0.39 is 0 Å². The number of fused-ring (bicyclic) bond motifs is 1. The number of aromatic amines is 1. The van der Waals surface area contributed by atoms with Gasteiger partial charge >= 0.3 is 0 Å². The molecular formula is C27H18FN5O.